The molecule has 2 unspecified atom stereocenters. The lowest BCUT2D eigenvalue weighted by Crippen LogP contribution is -2.36. The average molecular weight is 330 g/mol. The third-order valence-electron chi connectivity index (χ3n) is 4.24. The predicted octanol–water partition coefficient (Wildman–Crippen LogP) is 2.68. The van der Waals surface area contributed by atoms with Crippen LogP contribution in [0.1, 0.15) is 23.5 Å². The van der Waals surface area contributed by atoms with Gasteiger partial charge in [0.2, 0.25) is 0 Å². The number of aliphatic hydroxyl groups excluding tert-OH is 2. The number of aromatic nitrogens is 1. The Morgan fingerprint density at radius 3 is 2.70 bits per heavy atom. The lowest BCUT2D eigenvalue weighted by atomic mass is 9.86. The molecule has 1 aromatic heterocycles. The van der Waals surface area contributed by atoms with Gasteiger partial charge < -0.3 is 10.2 Å². The predicted molar refractivity (Wildman–Crippen MR) is 92.0 cm³/mol. The first kappa shape index (κ1) is 16.5. The number of nitrogens with zero attached hydrogens (tertiary/aromatic N) is 2. The summed E-state index contributed by atoms with van der Waals surface area (Å²) in [7, 11) is 0. The Kier molecular flexibility index (Phi) is 5.67. The summed E-state index contributed by atoms with van der Waals surface area (Å²) >= 11 is 1.61. The molecule has 5 heteroatoms. The van der Waals surface area contributed by atoms with Gasteiger partial charge in [0, 0.05) is 25.9 Å². The van der Waals surface area contributed by atoms with Gasteiger partial charge in [-0.3, -0.25) is 0 Å². The highest BCUT2D eigenvalue weighted by molar-refractivity contribution is 7.97. The van der Waals surface area contributed by atoms with E-state index in [1.165, 1.54) is 5.56 Å². The van der Waals surface area contributed by atoms with Crippen molar-refractivity contribution in [2.75, 3.05) is 19.7 Å². The zero-order valence-electron chi connectivity index (χ0n) is 13.0. The molecule has 1 aliphatic heterocycles. The average Bonchev–Trinajstić information content (AvgIpc) is 2.62. The first-order valence-corrected chi connectivity index (χ1v) is 8.70. The Hall–Kier alpha value is -1.40. The molecule has 23 heavy (non-hydrogen) atoms. The van der Waals surface area contributed by atoms with Crippen LogP contribution in [0.3, 0.4) is 0 Å². The second-order valence-electron chi connectivity index (χ2n) is 5.99. The Bertz CT molecular complexity index is 623. The van der Waals surface area contributed by atoms with E-state index in [9.17, 15) is 10.2 Å². The summed E-state index contributed by atoms with van der Waals surface area (Å²) in [5.41, 5.74) is 2.20. The van der Waals surface area contributed by atoms with Crippen LogP contribution in [0.15, 0.2) is 53.7 Å². The van der Waals surface area contributed by atoms with E-state index in [1.807, 2.05) is 18.2 Å². The summed E-state index contributed by atoms with van der Waals surface area (Å²) in [6, 6.07) is 14.3. The van der Waals surface area contributed by atoms with E-state index in [0.717, 1.165) is 30.1 Å². The molecular weight excluding hydrogens is 308 g/mol. The second-order valence-corrected chi connectivity index (χ2v) is 7.11. The minimum Gasteiger partial charge on any atom is -0.396 e. The zero-order valence-corrected chi connectivity index (χ0v) is 13.8. The normalized spacial score (nSPS) is 22.2. The summed E-state index contributed by atoms with van der Waals surface area (Å²) in [4.78, 5) is 4.38. The van der Waals surface area contributed by atoms with Crippen molar-refractivity contribution in [1.82, 2.24) is 9.29 Å². The number of benzene rings is 1. The van der Waals surface area contributed by atoms with E-state index in [4.69, 9.17) is 0 Å². The van der Waals surface area contributed by atoms with Crippen LogP contribution in [-0.4, -0.2) is 39.2 Å². The zero-order chi connectivity index (χ0) is 16.1. The van der Waals surface area contributed by atoms with Gasteiger partial charge in [-0.15, -0.1) is 0 Å². The minimum absolute atomic E-state index is 0.0297. The molecule has 1 aromatic carbocycles. The maximum Gasteiger partial charge on any atom is 0.111 e. The van der Waals surface area contributed by atoms with Crippen LogP contribution in [0.5, 0.6) is 0 Å². The number of hydrogen-bond acceptors (Lipinski definition) is 5. The third kappa shape index (κ3) is 4.32. The Balaban J connectivity index is 1.73. The number of pyridine rings is 1. The molecule has 1 fully saturated rings. The molecule has 1 saturated heterocycles. The van der Waals surface area contributed by atoms with E-state index in [2.05, 4.69) is 33.6 Å². The minimum atomic E-state index is 0.0297. The van der Waals surface area contributed by atoms with Gasteiger partial charge in [0.25, 0.3) is 0 Å². The Labute approximate surface area is 141 Å². The number of piperidine rings is 1. The molecule has 0 aliphatic carbocycles. The molecular formula is C18H22N2O2S. The molecule has 0 spiro atoms. The SMILES string of the molecule is OCc1ccnc(SN2CC(CO)CC(c3ccccc3)C2)c1. The monoisotopic (exact) mass is 330 g/mol. The van der Waals surface area contributed by atoms with E-state index in [0.29, 0.717) is 5.92 Å². The number of aliphatic hydroxyl groups is 2. The summed E-state index contributed by atoms with van der Waals surface area (Å²) in [5.74, 6) is 0.707. The van der Waals surface area contributed by atoms with E-state index in [-0.39, 0.29) is 19.1 Å². The van der Waals surface area contributed by atoms with Gasteiger partial charge in [-0.1, -0.05) is 30.3 Å². The Morgan fingerprint density at radius 1 is 1.13 bits per heavy atom. The van der Waals surface area contributed by atoms with Gasteiger partial charge in [-0.2, -0.15) is 0 Å². The highest BCUT2D eigenvalue weighted by atomic mass is 32.2. The quantitative estimate of drug-likeness (QED) is 0.826. The number of hydrogen-bond donors (Lipinski definition) is 2. The molecule has 1 aliphatic rings. The molecule has 122 valence electrons. The smallest absolute Gasteiger partial charge is 0.111 e. The first-order chi connectivity index (χ1) is 11.3. The molecule has 2 atom stereocenters. The maximum absolute atomic E-state index is 9.64. The topological polar surface area (TPSA) is 56.6 Å². The van der Waals surface area contributed by atoms with Gasteiger partial charge in [-0.25, -0.2) is 9.29 Å². The van der Waals surface area contributed by atoms with Gasteiger partial charge >= 0.3 is 0 Å². The van der Waals surface area contributed by atoms with Crippen molar-refractivity contribution in [3.63, 3.8) is 0 Å². The molecule has 2 aromatic rings. The summed E-state index contributed by atoms with van der Waals surface area (Å²) in [5, 5.41) is 19.8. The van der Waals surface area contributed by atoms with Gasteiger partial charge in [0.15, 0.2) is 0 Å². The summed E-state index contributed by atoms with van der Waals surface area (Å²) in [6.45, 7) is 2.04. The second kappa shape index (κ2) is 7.93. The van der Waals surface area contributed by atoms with Crippen LogP contribution < -0.4 is 0 Å². The molecule has 0 bridgehead atoms. The molecule has 0 saturated carbocycles. The van der Waals surface area contributed by atoms with Crippen LogP contribution in [0.25, 0.3) is 0 Å². The fraction of sp³-hybridized carbons (Fsp3) is 0.389. The lowest BCUT2D eigenvalue weighted by molar-refractivity contribution is 0.158. The first-order valence-electron chi connectivity index (χ1n) is 7.93. The van der Waals surface area contributed by atoms with Crippen molar-refractivity contribution >= 4 is 11.9 Å². The van der Waals surface area contributed by atoms with Crippen molar-refractivity contribution in [2.24, 2.45) is 5.92 Å². The molecule has 3 rings (SSSR count). The standard InChI is InChI=1S/C18H22N2O2S/c21-12-14-6-7-19-18(9-14)23-20-10-15(13-22)8-17(11-20)16-4-2-1-3-5-16/h1-7,9,15,17,21-22H,8,10-13H2. The summed E-state index contributed by atoms with van der Waals surface area (Å²) < 4.78 is 2.28. The van der Waals surface area contributed by atoms with Crippen molar-refractivity contribution in [3.8, 4) is 0 Å². The van der Waals surface area contributed by atoms with Crippen LogP contribution in [0.4, 0.5) is 0 Å². The van der Waals surface area contributed by atoms with Crippen molar-refractivity contribution in [3.05, 3.63) is 59.8 Å². The fourth-order valence-corrected chi connectivity index (χ4v) is 4.18. The molecule has 2 heterocycles. The molecule has 0 amide bonds. The lowest BCUT2D eigenvalue weighted by Gasteiger charge is -2.36. The third-order valence-corrected chi connectivity index (χ3v) is 5.20. The van der Waals surface area contributed by atoms with Crippen LogP contribution >= 0.6 is 11.9 Å². The molecule has 0 radical (unpaired) electrons. The highest BCUT2D eigenvalue weighted by Crippen LogP contribution is 2.35. The highest BCUT2D eigenvalue weighted by Gasteiger charge is 2.28. The maximum atomic E-state index is 9.64. The van der Waals surface area contributed by atoms with Gasteiger partial charge in [0.1, 0.15) is 5.03 Å². The Morgan fingerprint density at radius 2 is 1.96 bits per heavy atom. The van der Waals surface area contributed by atoms with Gasteiger partial charge in [0.05, 0.1) is 6.61 Å². The van der Waals surface area contributed by atoms with E-state index >= 15 is 0 Å². The number of rotatable bonds is 5. The summed E-state index contributed by atoms with van der Waals surface area (Å²) in [6.07, 6.45) is 2.75. The van der Waals surface area contributed by atoms with Crippen molar-refractivity contribution < 1.29 is 10.2 Å². The molecule has 4 nitrogen and oxygen atoms in total. The molecule has 2 N–H and O–H groups in total. The van der Waals surface area contributed by atoms with Crippen LogP contribution in [0, 0.1) is 5.92 Å². The van der Waals surface area contributed by atoms with E-state index < -0.39 is 0 Å². The van der Waals surface area contributed by atoms with Crippen LogP contribution in [0.2, 0.25) is 0 Å². The largest absolute Gasteiger partial charge is 0.396 e. The van der Waals surface area contributed by atoms with Crippen molar-refractivity contribution in [2.45, 2.75) is 24.0 Å². The van der Waals surface area contributed by atoms with E-state index in [1.54, 1.807) is 18.1 Å². The van der Waals surface area contributed by atoms with Crippen LogP contribution in [-0.2, 0) is 6.61 Å². The van der Waals surface area contributed by atoms with Gasteiger partial charge in [-0.05, 0) is 53.5 Å². The van der Waals surface area contributed by atoms with Crippen molar-refractivity contribution in [1.29, 1.82) is 0 Å². The fourth-order valence-electron chi connectivity index (χ4n) is 3.06.